The highest BCUT2D eigenvalue weighted by atomic mass is 16.5. The molecule has 24 heavy (non-hydrogen) atoms. The van der Waals surface area contributed by atoms with Gasteiger partial charge in [0.2, 0.25) is 0 Å². The zero-order chi connectivity index (χ0) is 17.1. The third-order valence-corrected chi connectivity index (χ3v) is 3.66. The van der Waals surface area contributed by atoms with Crippen LogP contribution in [0, 0.1) is 13.8 Å². The normalized spacial score (nSPS) is 10.4. The standard InChI is InChI=1S/C20H20N2O2/c1-13-10-15(21)6-8-19(13)23-17-4-3-5-18(12-17)24-20-9-7-16(22)11-14(20)2/h3-12H,21-22H2,1-2H3. The van der Waals surface area contributed by atoms with Crippen molar-refractivity contribution in [2.45, 2.75) is 13.8 Å². The summed E-state index contributed by atoms with van der Waals surface area (Å²) in [6, 6.07) is 18.7. The van der Waals surface area contributed by atoms with Crippen molar-refractivity contribution in [3.8, 4) is 23.0 Å². The maximum Gasteiger partial charge on any atom is 0.131 e. The monoisotopic (exact) mass is 320 g/mol. The Labute approximate surface area is 141 Å². The molecule has 0 spiro atoms. The van der Waals surface area contributed by atoms with E-state index in [1.165, 1.54) is 0 Å². The van der Waals surface area contributed by atoms with Crippen LogP contribution in [0.1, 0.15) is 11.1 Å². The van der Waals surface area contributed by atoms with E-state index in [-0.39, 0.29) is 0 Å². The van der Waals surface area contributed by atoms with E-state index in [4.69, 9.17) is 20.9 Å². The fourth-order valence-electron chi connectivity index (χ4n) is 2.43. The number of rotatable bonds is 4. The van der Waals surface area contributed by atoms with Crippen molar-refractivity contribution in [2.75, 3.05) is 11.5 Å². The summed E-state index contributed by atoms with van der Waals surface area (Å²) in [5.41, 5.74) is 14.9. The minimum atomic E-state index is 0.702. The molecule has 0 saturated carbocycles. The third-order valence-electron chi connectivity index (χ3n) is 3.66. The van der Waals surface area contributed by atoms with Crippen LogP contribution in [-0.2, 0) is 0 Å². The Morgan fingerprint density at radius 3 is 1.50 bits per heavy atom. The number of ether oxygens (including phenoxy) is 2. The molecule has 0 aliphatic carbocycles. The Morgan fingerprint density at radius 2 is 1.08 bits per heavy atom. The molecule has 0 bridgehead atoms. The number of hydrogen-bond donors (Lipinski definition) is 2. The Morgan fingerprint density at radius 1 is 0.625 bits per heavy atom. The van der Waals surface area contributed by atoms with Crippen LogP contribution >= 0.6 is 0 Å². The third kappa shape index (κ3) is 3.60. The van der Waals surface area contributed by atoms with Gasteiger partial charge in [-0.05, 0) is 73.5 Å². The Kier molecular flexibility index (Phi) is 4.29. The molecule has 0 aromatic heterocycles. The molecule has 0 fully saturated rings. The first-order valence-electron chi connectivity index (χ1n) is 7.69. The molecule has 0 unspecified atom stereocenters. The SMILES string of the molecule is Cc1cc(N)ccc1Oc1cccc(Oc2ccc(N)cc2C)c1. The molecular weight excluding hydrogens is 300 g/mol. The van der Waals surface area contributed by atoms with Gasteiger partial charge in [0.1, 0.15) is 23.0 Å². The second kappa shape index (κ2) is 6.54. The molecule has 0 aliphatic rings. The lowest BCUT2D eigenvalue weighted by atomic mass is 10.2. The zero-order valence-electron chi connectivity index (χ0n) is 13.7. The molecule has 4 nitrogen and oxygen atoms in total. The van der Waals surface area contributed by atoms with Gasteiger partial charge in [-0.15, -0.1) is 0 Å². The van der Waals surface area contributed by atoms with E-state index in [9.17, 15) is 0 Å². The zero-order valence-corrected chi connectivity index (χ0v) is 13.7. The van der Waals surface area contributed by atoms with Gasteiger partial charge in [0.15, 0.2) is 0 Å². The lowest BCUT2D eigenvalue weighted by molar-refractivity contribution is 0.457. The van der Waals surface area contributed by atoms with Crippen LogP contribution in [0.2, 0.25) is 0 Å². The second-order valence-corrected chi connectivity index (χ2v) is 5.73. The van der Waals surface area contributed by atoms with Gasteiger partial charge < -0.3 is 20.9 Å². The van der Waals surface area contributed by atoms with Gasteiger partial charge >= 0.3 is 0 Å². The van der Waals surface area contributed by atoms with Crippen LogP contribution in [0.15, 0.2) is 60.7 Å². The molecule has 0 heterocycles. The molecule has 0 amide bonds. The van der Waals surface area contributed by atoms with E-state index in [1.54, 1.807) is 0 Å². The van der Waals surface area contributed by atoms with E-state index >= 15 is 0 Å². The molecule has 3 rings (SSSR count). The summed E-state index contributed by atoms with van der Waals surface area (Å²) in [5, 5.41) is 0. The van der Waals surface area contributed by atoms with E-state index in [1.807, 2.05) is 74.5 Å². The van der Waals surface area contributed by atoms with Gasteiger partial charge in [0, 0.05) is 17.4 Å². The van der Waals surface area contributed by atoms with Gasteiger partial charge in [0.25, 0.3) is 0 Å². The minimum Gasteiger partial charge on any atom is -0.457 e. The number of benzene rings is 3. The topological polar surface area (TPSA) is 70.5 Å². The number of anilines is 2. The van der Waals surface area contributed by atoms with Crippen LogP contribution in [0.3, 0.4) is 0 Å². The highest BCUT2D eigenvalue weighted by molar-refractivity contribution is 5.50. The quantitative estimate of drug-likeness (QED) is 0.660. The van der Waals surface area contributed by atoms with Crippen LogP contribution in [-0.4, -0.2) is 0 Å². The summed E-state index contributed by atoms with van der Waals surface area (Å²) in [7, 11) is 0. The maximum absolute atomic E-state index is 5.94. The van der Waals surface area contributed by atoms with E-state index in [0.29, 0.717) is 11.5 Å². The number of aryl methyl sites for hydroxylation is 2. The highest BCUT2D eigenvalue weighted by Crippen LogP contribution is 2.31. The first-order valence-corrected chi connectivity index (χ1v) is 7.69. The van der Waals surface area contributed by atoms with Crippen LogP contribution in [0.4, 0.5) is 11.4 Å². The van der Waals surface area contributed by atoms with Crippen molar-refractivity contribution in [1.29, 1.82) is 0 Å². The summed E-state index contributed by atoms with van der Waals surface area (Å²) in [4.78, 5) is 0. The van der Waals surface area contributed by atoms with E-state index in [2.05, 4.69) is 0 Å². The van der Waals surface area contributed by atoms with E-state index < -0.39 is 0 Å². The molecule has 4 heteroatoms. The molecule has 3 aromatic carbocycles. The predicted octanol–water partition coefficient (Wildman–Crippen LogP) is 5.05. The predicted molar refractivity (Wildman–Crippen MR) is 97.8 cm³/mol. The Bertz CT molecular complexity index is 807. The smallest absolute Gasteiger partial charge is 0.131 e. The van der Waals surface area contributed by atoms with Crippen molar-refractivity contribution in [3.05, 3.63) is 71.8 Å². The summed E-state index contributed by atoms with van der Waals surface area (Å²) in [5.74, 6) is 2.94. The Hall–Kier alpha value is -3.14. The van der Waals surface area contributed by atoms with Gasteiger partial charge in [-0.25, -0.2) is 0 Å². The van der Waals surface area contributed by atoms with Gasteiger partial charge in [-0.1, -0.05) is 6.07 Å². The molecule has 4 N–H and O–H groups in total. The second-order valence-electron chi connectivity index (χ2n) is 5.73. The van der Waals surface area contributed by atoms with E-state index in [0.717, 1.165) is 34.0 Å². The molecule has 0 aliphatic heterocycles. The Balaban J connectivity index is 1.81. The van der Waals surface area contributed by atoms with Crippen molar-refractivity contribution in [3.63, 3.8) is 0 Å². The summed E-state index contributed by atoms with van der Waals surface area (Å²) < 4.78 is 11.9. The first kappa shape index (κ1) is 15.7. The molecule has 122 valence electrons. The largest absolute Gasteiger partial charge is 0.457 e. The van der Waals surface area contributed by atoms with Gasteiger partial charge in [-0.2, -0.15) is 0 Å². The number of hydrogen-bond acceptors (Lipinski definition) is 4. The average molecular weight is 320 g/mol. The van der Waals surface area contributed by atoms with Crippen LogP contribution in [0.5, 0.6) is 23.0 Å². The van der Waals surface area contributed by atoms with Crippen molar-refractivity contribution in [2.24, 2.45) is 0 Å². The van der Waals surface area contributed by atoms with Gasteiger partial charge in [0.05, 0.1) is 0 Å². The highest BCUT2D eigenvalue weighted by Gasteiger charge is 2.06. The van der Waals surface area contributed by atoms with Crippen molar-refractivity contribution >= 4 is 11.4 Å². The average Bonchev–Trinajstić information content (AvgIpc) is 2.53. The van der Waals surface area contributed by atoms with Crippen LogP contribution < -0.4 is 20.9 Å². The summed E-state index contributed by atoms with van der Waals surface area (Å²) >= 11 is 0. The van der Waals surface area contributed by atoms with Gasteiger partial charge in [-0.3, -0.25) is 0 Å². The lowest BCUT2D eigenvalue weighted by Gasteiger charge is -2.12. The maximum atomic E-state index is 5.94. The lowest BCUT2D eigenvalue weighted by Crippen LogP contribution is -1.92. The molecule has 0 saturated heterocycles. The van der Waals surface area contributed by atoms with Crippen LogP contribution in [0.25, 0.3) is 0 Å². The first-order chi connectivity index (χ1) is 11.5. The fourth-order valence-corrected chi connectivity index (χ4v) is 2.43. The van der Waals surface area contributed by atoms with Crippen molar-refractivity contribution < 1.29 is 9.47 Å². The molecule has 0 atom stereocenters. The summed E-state index contributed by atoms with van der Waals surface area (Å²) in [6.45, 7) is 3.92. The number of nitrogens with two attached hydrogens (primary N) is 2. The molecule has 0 radical (unpaired) electrons. The fraction of sp³-hybridized carbons (Fsp3) is 0.100. The van der Waals surface area contributed by atoms with Crippen molar-refractivity contribution in [1.82, 2.24) is 0 Å². The molecular formula is C20H20N2O2. The molecule has 3 aromatic rings. The minimum absolute atomic E-state index is 0.702. The summed E-state index contributed by atoms with van der Waals surface area (Å²) in [6.07, 6.45) is 0. The number of nitrogen functional groups attached to an aromatic ring is 2.